The zero-order chi connectivity index (χ0) is 20.4. The van der Waals surface area contributed by atoms with Crippen LogP contribution in [0.4, 0.5) is 0 Å². The van der Waals surface area contributed by atoms with E-state index in [1.807, 2.05) is 60.7 Å². The standard InChI is InChI=1S/C22H23NO5/c1-27-19(24)15-9-14-18(22(26)28-2)23-21(25)20(16-10-5-3-6-11-16)17-12-7-4-8-13-17/h3-13,15,18,20H,14H2,1-2H3,(H,23,25)/b15-9+/t18-/m1/s1. The maximum atomic E-state index is 13.1. The van der Waals surface area contributed by atoms with Crippen LogP contribution in [0.5, 0.6) is 0 Å². The lowest BCUT2D eigenvalue weighted by atomic mass is 9.90. The van der Waals surface area contributed by atoms with Crippen LogP contribution < -0.4 is 5.32 Å². The molecule has 6 heteroatoms. The molecule has 0 saturated heterocycles. The van der Waals surface area contributed by atoms with Crippen LogP contribution in [0.3, 0.4) is 0 Å². The molecular formula is C22H23NO5. The molecule has 0 radical (unpaired) electrons. The van der Waals surface area contributed by atoms with Crippen molar-refractivity contribution in [2.24, 2.45) is 0 Å². The van der Waals surface area contributed by atoms with Crippen molar-refractivity contribution in [3.63, 3.8) is 0 Å². The summed E-state index contributed by atoms with van der Waals surface area (Å²) in [5, 5.41) is 2.74. The van der Waals surface area contributed by atoms with E-state index in [0.717, 1.165) is 11.1 Å². The number of methoxy groups -OCH3 is 2. The number of carbonyl (C=O) groups excluding carboxylic acids is 3. The van der Waals surface area contributed by atoms with Gasteiger partial charge in [-0.05, 0) is 17.5 Å². The van der Waals surface area contributed by atoms with Gasteiger partial charge in [-0.15, -0.1) is 0 Å². The lowest BCUT2D eigenvalue weighted by molar-refractivity contribution is -0.145. The van der Waals surface area contributed by atoms with E-state index in [2.05, 4.69) is 10.1 Å². The van der Waals surface area contributed by atoms with Gasteiger partial charge in [0.1, 0.15) is 6.04 Å². The number of esters is 2. The van der Waals surface area contributed by atoms with Crippen LogP contribution in [-0.2, 0) is 23.9 Å². The Morgan fingerprint density at radius 3 is 1.89 bits per heavy atom. The fourth-order valence-corrected chi connectivity index (χ4v) is 2.77. The Labute approximate surface area is 164 Å². The minimum absolute atomic E-state index is 0.101. The molecule has 2 aromatic carbocycles. The van der Waals surface area contributed by atoms with Crippen LogP contribution in [0.2, 0.25) is 0 Å². The Morgan fingerprint density at radius 1 is 0.893 bits per heavy atom. The molecule has 0 spiro atoms. The molecule has 28 heavy (non-hydrogen) atoms. The normalized spacial score (nSPS) is 11.8. The molecule has 1 atom stereocenters. The largest absolute Gasteiger partial charge is 0.467 e. The summed E-state index contributed by atoms with van der Waals surface area (Å²) in [4.78, 5) is 36.4. The quantitative estimate of drug-likeness (QED) is 0.561. The molecule has 2 rings (SSSR count). The van der Waals surface area contributed by atoms with E-state index in [1.54, 1.807) is 0 Å². The van der Waals surface area contributed by atoms with Crippen LogP contribution in [-0.4, -0.2) is 38.1 Å². The first kappa shape index (κ1) is 20.9. The highest BCUT2D eigenvalue weighted by Crippen LogP contribution is 2.25. The molecule has 1 amide bonds. The molecule has 0 fully saturated rings. The van der Waals surface area contributed by atoms with E-state index in [0.29, 0.717) is 0 Å². The molecule has 6 nitrogen and oxygen atoms in total. The first-order valence-corrected chi connectivity index (χ1v) is 8.79. The van der Waals surface area contributed by atoms with E-state index in [9.17, 15) is 14.4 Å². The van der Waals surface area contributed by atoms with Crippen LogP contribution in [0.15, 0.2) is 72.8 Å². The summed E-state index contributed by atoms with van der Waals surface area (Å²) in [6.07, 6.45) is 2.77. The van der Waals surface area contributed by atoms with Gasteiger partial charge in [0, 0.05) is 6.08 Å². The molecule has 0 aliphatic rings. The minimum Gasteiger partial charge on any atom is -0.467 e. The third-order valence-electron chi connectivity index (χ3n) is 4.16. The number of nitrogens with one attached hydrogen (secondary N) is 1. The molecule has 0 aliphatic carbocycles. The summed E-state index contributed by atoms with van der Waals surface area (Å²) in [5.41, 5.74) is 1.61. The Bertz CT molecular complexity index is 778. The number of carbonyl (C=O) groups is 3. The van der Waals surface area contributed by atoms with E-state index >= 15 is 0 Å². The third kappa shape index (κ3) is 5.81. The molecule has 1 N–H and O–H groups in total. The summed E-state index contributed by atoms with van der Waals surface area (Å²) in [7, 11) is 2.51. The van der Waals surface area contributed by atoms with Crippen molar-refractivity contribution in [2.45, 2.75) is 18.4 Å². The van der Waals surface area contributed by atoms with Crippen molar-refractivity contribution in [3.8, 4) is 0 Å². The summed E-state index contributed by atoms with van der Waals surface area (Å²) < 4.78 is 9.31. The number of hydrogen-bond acceptors (Lipinski definition) is 5. The maximum absolute atomic E-state index is 13.1. The Balaban J connectivity index is 2.25. The zero-order valence-electron chi connectivity index (χ0n) is 15.8. The van der Waals surface area contributed by atoms with Crippen LogP contribution >= 0.6 is 0 Å². The molecular weight excluding hydrogens is 358 g/mol. The van der Waals surface area contributed by atoms with Gasteiger partial charge in [0.2, 0.25) is 5.91 Å². The average Bonchev–Trinajstić information content (AvgIpc) is 2.74. The van der Waals surface area contributed by atoms with Gasteiger partial charge in [-0.3, -0.25) is 4.79 Å². The van der Waals surface area contributed by atoms with Crippen molar-refractivity contribution >= 4 is 17.8 Å². The number of rotatable bonds is 8. The van der Waals surface area contributed by atoms with Crippen LogP contribution in [0, 0.1) is 0 Å². The SMILES string of the molecule is COC(=O)/C=C/C[C@@H](NC(=O)C(c1ccccc1)c1ccccc1)C(=O)OC. The third-order valence-corrected chi connectivity index (χ3v) is 4.16. The Kier molecular flexibility index (Phi) is 7.96. The van der Waals surface area contributed by atoms with Gasteiger partial charge < -0.3 is 14.8 Å². The van der Waals surface area contributed by atoms with Crippen molar-refractivity contribution < 1.29 is 23.9 Å². The van der Waals surface area contributed by atoms with Crippen molar-refractivity contribution in [2.75, 3.05) is 14.2 Å². The fourth-order valence-electron chi connectivity index (χ4n) is 2.77. The predicted octanol–water partition coefficient (Wildman–Crippen LogP) is 2.60. The van der Waals surface area contributed by atoms with E-state index in [1.165, 1.54) is 26.4 Å². The molecule has 0 heterocycles. The summed E-state index contributed by atoms with van der Waals surface area (Å²) in [6.45, 7) is 0. The van der Waals surface area contributed by atoms with Gasteiger partial charge in [0.25, 0.3) is 0 Å². The van der Waals surface area contributed by atoms with Crippen molar-refractivity contribution in [1.82, 2.24) is 5.32 Å². The highest BCUT2D eigenvalue weighted by molar-refractivity contribution is 5.91. The highest BCUT2D eigenvalue weighted by Gasteiger charge is 2.27. The predicted molar refractivity (Wildman–Crippen MR) is 104 cm³/mol. The lowest BCUT2D eigenvalue weighted by Crippen LogP contribution is -2.43. The fraction of sp³-hybridized carbons (Fsp3) is 0.227. The van der Waals surface area contributed by atoms with Crippen LogP contribution in [0.1, 0.15) is 23.5 Å². The molecule has 0 unspecified atom stereocenters. The summed E-state index contributed by atoms with van der Waals surface area (Å²) in [6, 6.07) is 17.7. The topological polar surface area (TPSA) is 81.7 Å². The second-order valence-corrected chi connectivity index (χ2v) is 6.00. The number of ether oxygens (including phenoxy) is 2. The van der Waals surface area contributed by atoms with Gasteiger partial charge >= 0.3 is 11.9 Å². The second-order valence-electron chi connectivity index (χ2n) is 6.00. The molecule has 0 bridgehead atoms. The van der Waals surface area contributed by atoms with Crippen molar-refractivity contribution in [1.29, 1.82) is 0 Å². The number of hydrogen-bond donors (Lipinski definition) is 1. The zero-order valence-corrected chi connectivity index (χ0v) is 15.8. The molecule has 0 aliphatic heterocycles. The van der Waals surface area contributed by atoms with E-state index in [4.69, 9.17) is 4.74 Å². The molecule has 146 valence electrons. The number of benzene rings is 2. The van der Waals surface area contributed by atoms with Gasteiger partial charge in [0.15, 0.2) is 0 Å². The first-order chi connectivity index (χ1) is 13.6. The second kappa shape index (κ2) is 10.7. The van der Waals surface area contributed by atoms with Gasteiger partial charge in [0.05, 0.1) is 20.1 Å². The summed E-state index contributed by atoms with van der Waals surface area (Å²) in [5.74, 6) is -2.05. The number of amides is 1. The molecule has 2 aromatic rings. The first-order valence-electron chi connectivity index (χ1n) is 8.79. The van der Waals surface area contributed by atoms with Crippen LogP contribution in [0.25, 0.3) is 0 Å². The Hall–Kier alpha value is -3.41. The van der Waals surface area contributed by atoms with E-state index < -0.39 is 23.9 Å². The van der Waals surface area contributed by atoms with Gasteiger partial charge in [-0.25, -0.2) is 9.59 Å². The highest BCUT2D eigenvalue weighted by atomic mass is 16.5. The van der Waals surface area contributed by atoms with Gasteiger partial charge in [-0.1, -0.05) is 66.7 Å². The van der Waals surface area contributed by atoms with E-state index in [-0.39, 0.29) is 12.3 Å². The Morgan fingerprint density at radius 2 is 1.43 bits per heavy atom. The van der Waals surface area contributed by atoms with Gasteiger partial charge in [-0.2, -0.15) is 0 Å². The molecule has 0 aromatic heterocycles. The molecule has 0 saturated carbocycles. The monoisotopic (exact) mass is 381 g/mol. The maximum Gasteiger partial charge on any atom is 0.330 e. The summed E-state index contributed by atoms with van der Waals surface area (Å²) >= 11 is 0. The lowest BCUT2D eigenvalue weighted by Gasteiger charge is -2.21. The average molecular weight is 381 g/mol. The smallest absolute Gasteiger partial charge is 0.330 e. The van der Waals surface area contributed by atoms with Crippen molar-refractivity contribution in [3.05, 3.63) is 83.9 Å². The minimum atomic E-state index is -0.923.